The third kappa shape index (κ3) is 3.85. The lowest BCUT2D eigenvalue weighted by atomic mass is 10.3. The lowest BCUT2D eigenvalue weighted by Gasteiger charge is -2.14. The third-order valence-electron chi connectivity index (χ3n) is 3.05. The van der Waals surface area contributed by atoms with Crippen LogP contribution in [0, 0.1) is 6.92 Å². The molecule has 0 aliphatic rings. The minimum Gasteiger partial charge on any atom is -0.437 e. The molecule has 0 saturated carbocycles. The number of ether oxygens (including phenoxy) is 1. The highest BCUT2D eigenvalue weighted by Gasteiger charge is 2.13. The van der Waals surface area contributed by atoms with Gasteiger partial charge in [0.1, 0.15) is 17.4 Å². The molecule has 0 aliphatic carbocycles. The van der Waals surface area contributed by atoms with Gasteiger partial charge in [0, 0.05) is 13.0 Å². The topological polar surface area (TPSA) is 47.0 Å². The molecule has 2 aromatic rings. The smallest absolute Gasteiger partial charge is 0.227 e. The predicted octanol–water partition coefficient (Wildman–Crippen LogP) is 4.62. The number of rotatable bonds is 6. The molecule has 0 radical (unpaired) electrons. The Morgan fingerprint density at radius 1 is 1.19 bits per heavy atom. The molecule has 0 aliphatic heterocycles. The average molecular weight is 306 g/mol. The maximum Gasteiger partial charge on any atom is 0.227 e. The number of halogens is 1. The van der Waals surface area contributed by atoms with Crippen molar-refractivity contribution in [3.63, 3.8) is 0 Å². The second kappa shape index (κ2) is 7.27. The number of aryl methyl sites for hydroxylation is 1. The van der Waals surface area contributed by atoms with Crippen LogP contribution in [0.15, 0.2) is 24.3 Å². The van der Waals surface area contributed by atoms with Gasteiger partial charge in [-0.2, -0.15) is 4.98 Å². The van der Waals surface area contributed by atoms with E-state index in [0.29, 0.717) is 16.7 Å². The van der Waals surface area contributed by atoms with E-state index >= 15 is 0 Å². The minimum atomic E-state index is 0.550. The van der Waals surface area contributed by atoms with Crippen molar-refractivity contribution in [2.24, 2.45) is 0 Å². The maximum absolute atomic E-state index is 6.14. The van der Waals surface area contributed by atoms with E-state index in [4.69, 9.17) is 16.3 Å². The normalized spacial score (nSPS) is 10.5. The van der Waals surface area contributed by atoms with Crippen LogP contribution >= 0.6 is 11.6 Å². The quantitative estimate of drug-likeness (QED) is 0.846. The van der Waals surface area contributed by atoms with Gasteiger partial charge in [0.05, 0.1) is 10.6 Å². The van der Waals surface area contributed by atoms with Crippen LogP contribution < -0.4 is 10.1 Å². The standard InChI is InChI=1S/C16H20ClN3O/c1-4-10-18-15-11(3)16(20-14(5-2)19-15)21-13-9-7-6-8-12(13)17/h6-9H,4-5,10H2,1-3H3,(H,18,19,20). The molecule has 1 heterocycles. The zero-order valence-corrected chi connectivity index (χ0v) is 13.4. The van der Waals surface area contributed by atoms with Crippen molar-refractivity contribution < 1.29 is 4.74 Å². The Kier molecular flexibility index (Phi) is 5.39. The van der Waals surface area contributed by atoms with Gasteiger partial charge in [-0.3, -0.25) is 0 Å². The Balaban J connectivity index is 2.35. The molecule has 1 aromatic heterocycles. The highest BCUT2D eigenvalue weighted by atomic mass is 35.5. The summed E-state index contributed by atoms with van der Waals surface area (Å²) in [4.78, 5) is 8.98. The highest BCUT2D eigenvalue weighted by molar-refractivity contribution is 6.32. The molecule has 0 atom stereocenters. The van der Waals surface area contributed by atoms with E-state index in [1.165, 1.54) is 0 Å². The van der Waals surface area contributed by atoms with E-state index in [0.717, 1.165) is 36.6 Å². The van der Waals surface area contributed by atoms with Crippen molar-refractivity contribution in [2.45, 2.75) is 33.6 Å². The number of benzene rings is 1. The van der Waals surface area contributed by atoms with Crippen LogP contribution in [0.5, 0.6) is 11.6 Å². The van der Waals surface area contributed by atoms with Crippen molar-refractivity contribution in [3.05, 3.63) is 40.7 Å². The number of hydrogen-bond acceptors (Lipinski definition) is 4. The number of nitrogens with zero attached hydrogens (tertiary/aromatic N) is 2. The molecular formula is C16H20ClN3O. The minimum absolute atomic E-state index is 0.550. The van der Waals surface area contributed by atoms with E-state index in [9.17, 15) is 0 Å². The molecule has 1 aromatic carbocycles. The summed E-state index contributed by atoms with van der Waals surface area (Å²) >= 11 is 6.14. The van der Waals surface area contributed by atoms with E-state index < -0.39 is 0 Å². The Bertz CT molecular complexity index is 616. The number of hydrogen-bond donors (Lipinski definition) is 1. The van der Waals surface area contributed by atoms with Crippen LogP contribution in [0.2, 0.25) is 5.02 Å². The van der Waals surface area contributed by atoms with Gasteiger partial charge in [0.25, 0.3) is 0 Å². The average Bonchev–Trinajstić information content (AvgIpc) is 2.50. The molecule has 5 heteroatoms. The molecule has 0 unspecified atom stereocenters. The summed E-state index contributed by atoms with van der Waals surface area (Å²) in [6.07, 6.45) is 1.78. The summed E-state index contributed by atoms with van der Waals surface area (Å²) in [6.45, 7) is 6.95. The Labute approximate surface area is 130 Å². The molecule has 0 spiro atoms. The van der Waals surface area contributed by atoms with Gasteiger partial charge >= 0.3 is 0 Å². The summed E-state index contributed by atoms with van der Waals surface area (Å²) in [6, 6.07) is 7.38. The molecule has 0 bridgehead atoms. The number of aromatic nitrogens is 2. The molecule has 0 amide bonds. The molecule has 2 rings (SSSR count). The van der Waals surface area contributed by atoms with Crippen LogP contribution in [0.25, 0.3) is 0 Å². The monoisotopic (exact) mass is 305 g/mol. The molecule has 112 valence electrons. The zero-order valence-electron chi connectivity index (χ0n) is 12.6. The Morgan fingerprint density at radius 2 is 1.95 bits per heavy atom. The summed E-state index contributed by atoms with van der Waals surface area (Å²) in [5, 5.41) is 3.88. The lowest BCUT2D eigenvalue weighted by molar-refractivity contribution is 0.455. The van der Waals surface area contributed by atoms with Gasteiger partial charge in [-0.15, -0.1) is 0 Å². The second-order valence-electron chi connectivity index (χ2n) is 4.73. The fraction of sp³-hybridized carbons (Fsp3) is 0.375. The van der Waals surface area contributed by atoms with Crippen LogP contribution in [0.4, 0.5) is 5.82 Å². The van der Waals surface area contributed by atoms with E-state index in [1.54, 1.807) is 6.07 Å². The van der Waals surface area contributed by atoms with Crippen LogP contribution in [0.1, 0.15) is 31.7 Å². The molecule has 21 heavy (non-hydrogen) atoms. The Hall–Kier alpha value is -1.81. The first-order chi connectivity index (χ1) is 10.2. The van der Waals surface area contributed by atoms with Crippen molar-refractivity contribution >= 4 is 17.4 Å². The van der Waals surface area contributed by atoms with Crippen molar-refractivity contribution in [1.29, 1.82) is 0 Å². The summed E-state index contributed by atoms with van der Waals surface area (Å²) in [5.41, 5.74) is 0.889. The van der Waals surface area contributed by atoms with Crippen LogP contribution in [0.3, 0.4) is 0 Å². The van der Waals surface area contributed by atoms with E-state index in [2.05, 4.69) is 22.2 Å². The number of nitrogens with one attached hydrogen (secondary N) is 1. The first-order valence-electron chi connectivity index (χ1n) is 7.19. The molecule has 1 N–H and O–H groups in total. The zero-order chi connectivity index (χ0) is 15.2. The van der Waals surface area contributed by atoms with Gasteiger partial charge in [-0.1, -0.05) is 37.6 Å². The van der Waals surface area contributed by atoms with Gasteiger partial charge < -0.3 is 10.1 Å². The molecule has 4 nitrogen and oxygen atoms in total. The van der Waals surface area contributed by atoms with Gasteiger partial charge in [0.15, 0.2) is 0 Å². The Morgan fingerprint density at radius 3 is 2.62 bits per heavy atom. The van der Waals surface area contributed by atoms with Gasteiger partial charge in [-0.05, 0) is 25.5 Å². The van der Waals surface area contributed by atoms with E-state index in [1.807, 2.05) is 32.0 Å². The van der Waals surface area contributed by atoms with Gasteiger partial charge in [0.2, 0.25) is 5.88 Å². The third-order valence-corrected chi connectivity index (χ3v) is 3.36. The SMILES string of the molecule is CCCNc1nc(CC)nc(Oc2ccccc2Cl)c1C. The first kappa shape index (κ1) is 15.6. The fourth-order valence-electron chi connectivity index (χ4n) is 1.84. The van der Waals surface area contributed by atoms with Crippen LogP contribution in [-0.2, 0) is 6.42 Å². The van der Waals surface area contributed by atoms with Crippen molar-refractivity contribution in [2.75, 3.05) is 11.9 Å². The molecule has 0 fully saturated rings. The van der Waals surface area contributed by atoms with Crippen LogP contribution in [-0.4, -0.2) is 16.5 Å². The number of para-hydroxylation sites is 1. The fourth-order valence-corrected chi connectivity index (χ4v) is 2.02. The van der Waals surface area contributed by atoms with E-state index in [-0.39, 0.29) is 0 Å². The molecular weight excluding hydrogens is 286 g/mol. The number of anilines is 1. The van der Waals surface area contributed by atoms with Crippen molar-refractivity contribution in [3.8, 4) is 11.6 Å². The second-order valence-corrected chi connectivity index (χ2v) is 5.14. The molecule has 0 saturated heterocycles. The largest absolute Gasteiger partial charge is 0.437 e. The predicted molar refractivity (Wildman–Crippen MR) is 86.5 cm³/mol. The van der Waals surface area contributed by atoms with Gasteiger partial charge in [-0.25, -0.2) is 4.98 Å². The highest BCUT2D eigenvalue weighted by Crippen LogP contribution is 2.31. The maximum atomic E-state index is 6.14. The summed E-state index contributed by atoms with van der Waals surface area (Å²) < 4.78 is 5.88. The van der Waals surface area contributed by atoms with Crippen molar-refractivity contribution in [1.82, 2.24) is 9.97 Å². The first-order valence-corrected chi connectivity index (χ1v) is 7.57. The lowest BCUT2D eigenvalue weighted by Crippen LogP contribution is -2.08. The summed E-state index contributed by atoms with van der Waals surface area (Å²) in [5.74, 6) is 2.73. The summed E-state index contributed by atoms with van der Waals surface area (Å²) in [7, 11) is 0.